The molecule has 0 spiro atoms. The van der Waals surface area contributed by atoms with Gasteiger partial charge in [-0.3, -0.25) is 0 Å². The molecule has 3 heteroatoms. The zero-order chi connectivity index (χ0) is 15.5. The summed E-state index contributed by atoms with van der Waals surface area (Å²) in [4.78, 5) is 2.23. The molecule has 1 aliphatic carbocycles. The average molecular weight is 297 g/mol. The highest BCUT2D eigenvalue weighted by atomic mass is 16.5. The summed E-state index contributed by atoms with van der Waals surface area (Å²) in [5, 5.41) is 0. The number of hydrogen-bond acceptors (Lipinski definition) is 3. The summed E-state index contributed by atoms with van der Waals surface area (Å²) in [5.74, 6) is 2.06. The molecular formula is C19H23NO2. The summed E-state index contributed by atoms with van der Waals surface area (Å²) in [6, 6.07) is 16.5. The Labute approximate surface area is 132 Å². The normalized spacial score (nSPS) is 20.0. The van der Waals surface area contributed by atoms with Gasteiger partial charge in [0.15, 0.2) is 11.5 Å². The van der Waals surface area contributed by atoms with Crippen LogP contribution in [0.15, 0.2) is 48.5 Å². The predicted octanol–water partition coefficient (Wildman–Crippen LogP) is 3.55. The highest BCUT2D eigenvalue weighted by molar-refractivity contribution is 5.42. The van der Waals surface area contributed by atoms with Gasteiger partial charge in [-0.1, -0.05) is 36.4 Å². The molecule has 22 heavy (non-hydrogen) atoms. The highest BCUT2D eigenvalue weighted by Gasteiger charge is 2.34. The van der Waals surface area contributed by atoms with Crippen LogP contribution in [0.1, 0.15) is 17.2 Å². The molecule has 0 fully saturated rings. The Balaban J connectivity index is 1.91. The molecule has 0 aliphatic heterocycles. The number of rotatable bonds is 5. The van der Waals surface area contributed by atoms with Crippen molar-refractivity contribution >= 4 is 0 Å². The van der Waals surface area contributed by atoms with E-state index in [-0.39, 0.29) is 6.10 Å². The van der Waals surface area contributed by atoms with Crippen LogP contribution in [0.3, 0.4) is 0 Å². The van der Waals surface area contributed by atoms with E-state index in [2.05, 4.69) is 43.3 Å². The van der Waals surface area contributed by atoms with Crippen molar-refractivity contribution in [3.8, 4) is 11.5 Å². The van der Waals surface area contributed by atoms with Gasteiger partial charge in [-0.2, -0.15) is 0 Å². The first-order valence-corrected chi connectivity index (χ1v) is 7.71. The van der Waals surface area contributed by atoms with E-state index in [1.807, 2.05) is 24.3 Å². The zero-order valence-corrected chi connectivity index (χ0v) is 13.5. The number of para-hydroxylation sites is 2. The molecule has 0 bridgehead atoms. The third-order valence-electron chi connectivity index (χ3n) is 4.19. The largest absolute Gasteiger partial charge is 0.493 e. The van der Waals surface area contributed by atoms with Gasteiger partial charge in [-0.15, -0.1) is 0 Å². The first-order chi connectivity index (χ1) is 10.7. The van der Waals surface area contributed by atoms with Crippen molar-refractivity contribution in [3.63, 3.8) is 0 Å². The summed E-state index contributed by atoms with van der Waals surface area (Å²) in [5.41, 5.74) is 2.70. The van der Waals surface area contributed by atoms with Crippen molar-refractivity contribution in [1.82, 2.24) is 4.90 Å². The van der Waals surface area contributed by atoms with Gasteiger partial charge < -0.3 is 14.4 Å². The average Bonchev–Trinajstić information content (AvgIpc) is 2.85. The van der Waals surface area contributed by atoms with Crippen molar-refractivity contribution in [1.29, 1.82) is 0 Å². The van der Waals surface area contributed by atoms with E-state index in [0.717, 1.165) is 24.5 Å². The van der Waals surface area contributed by atoms with Crippen molar-refractivity contribution in [2.45, 2.75) is 12.5 Å². The molecular weight excluding hydrogens is 274 g/mol. The number of hydrogen-bond donors (Lipinski definition) is 0. The molecule has 0 saturated heterocycles. The lowest BCUT2D eigenvalue weighted by atomic mass is 10.0. The van der Waals surface area contributed by atoms with E-state index < -0.39 is 0 Å². The Morgan fingerprint density at radius 3 is 2.41 bits per heavy atom. The van der Waals surface area contributed by atoms with Gasteiger partial charge in [0.05, 0.1) is 7.11 Å². The molecule has 2 atom stereocenters. The van der Waals surface area contributed by atoms with Gasteiger partial charge in [-0.25, -0.2) is 0 Å². The summed E-state index contributed by atoms with van der Waals surface area (Å²) < 4.78 is 11.8. The number of benzene rings is 2. The molecule has 2 aromatic rings. The van der Waals surface area contributed by atoms with Gasteiger partial charge in [0.2, 0.25) is 0 Å². The molecule has 0 heterocycles. The highest BCUT2D eigenvalue weighted by Crippen LogP contribution is 2.41. The lowest BCUT2D eigenvalue weighted by molar-refractivity contribution is 0.124. The minimum atomic E-state index is 0.0786. The Kier molecular flexibility index (Phi) is 4.34. The molecule has 2 aromatic carbocycles. The molecule has 0 unspecified atom stereocenters. The first kappa shape index (κ1) is 14.9. The summed E-state index contributed by atoms with van der Waals surface area (Å²) in [6.45, 7) is 1.01. The number of ether oxygens (including phenoxy) is 2. The Morgan fingerprint density at radius 2 is 1.68 bits per heavy atom. The van der Waals surface area contributed by atoms with Crippen LogP contribution in [0.4, 0.5) is 0 Å². The quantitative estimate of drug-likeness (QED) is 0.842. The van der Waals surface area contributed by atoms with E-state index in [4.69, 9.17) is 9.47 Å². The molecule has 3 rings (SSSR count). The van der Waals surface area contributed by atoms with Crippen LogP contribution >= 0.6 is 0 Å². The molecule has 0 radical (unpaired) electrons. The van der Waals surface area contributed by atoms with E-state index in [1.54, 1.807) is 7.11 Å². The summed E-state index contributed by atoms with van der Waals surface area (Å²) in [7, 11) is 5.91. The monoisotopic (exact) mass is 297 g/mol. The molecule has 0 saturated carbocycles. The van der Waals surface area contributed by atoms with E-state index in [0.29, 0.717) is 5.92 Å². The van der Waals surface area contributed by atoms with Crippen LogP contribution < -0.4 is 9.47 Å². The van der Waals surface area contributed by atoms with Gasteiger partial charge >= 0.3 is 0 Å². The van der Waals surface area contributed by atoms with Gasteiger partial charge in [-0.05, 0) is 43.8 Å². The molecule has 3 nitrogen and oxygen atoms in total. The zero-order valence-electron chi connectivity index (χ0n) is 13.5. The second-order valence-electron chi connectivity index (χ2n) is 6.11. The van der Waals surface area contributed by atoms with Crippen LogP contribution in [-0.4, -0.2) is 32.6 Å². The van der Waals surface area contributed by atoms with Crippen LogP contribution in [-0.2, 0) is 6.42 Å². The Morgan fingerprint density at radius 1 is 1.00 bits per heavy atom. The maximum Gasteiger partial charge on any atom is 0.162 e. The van der Waals surface area contributed by atoms with Crippen molar-refractivity contribution in [2.24, 2.45) is 5.92 Å². The van der Waals surface area contributed by atoms with Crippen LogP contribution in [0, 0.1) is 5.92 Å². The second-order valence-corrected chi connectivity index (χ2v) is 6.11. The van der Waals surface area contributed by atoms with E-state index in [1.165, 1.54) is 11.1 Å². The fourth-order valence-corrected chi connectivity index (χ4v) is 3.28. The van der Waals surface area contributed by atoms with E-state index >= 15 is 0 Å². The second kappa shape index (κ2) is 6.41. The smallest absolute Gasteiger partial charge is 0.162 e. The first-order valence-electron chi connectivity index (χ1n) is 7.71. The third kappa shape index (κ3) is 2.95. The minimum absolute atomic E-state index is 0.0786. The van der Waals surface area contributed by atoms with Crippen molar-refractivity contribution < 1.29 is 9.47 Å². The van der Waals surface area contributed by atoms with Gasteiger partial charge in [0.1, 0.15) is 6.10 Å². The number of methoxy groups -OCH3 is 1. The van der Waals surface area contributed by atoms with Crippen LogP contribution in [0.2, 0.25) is 0 Å². The molecule has 0 aromatic heterocycles. The maximum atomic E-state index is 6.39. The maximum absolute atomic E-state index is 6.39. The van der Waals surface area contributed by atoms with Gasteiger partial charge in [0.25, 0.3) is 0 Å². The summed E-state index contributed by atoms with van der Waals surface area (Å²) in [6.07, 6.45) is 1.14. The third-order valence-corrected chi connectivity index (χ3v) is 4.19. The SMILES string of the molecule is COc1ccccc1O[C@@H]1c2ccccc2C[C@@H]1CN(C)C. The molecule has 0 amide bonds. The topological polar surface area (TPSA) is 21.7 Å². The van der Waals surface area contributed by atoms with Crippen LogP contribution in [0.25, 0.3) is 0 Å². The molecule has 1 aliphatic rings. The number of fused-ring (bicyclic) bond motifs is 1. The lowest BCUT2D eigenvalue weighted by Crippen LogP contribution is -2.27. The standard InChI is InChI=1S/C19H23NO2/c1-20(2)13-15-12-14-8-4-5-9-16(14)19(15)22-18-11-7-6-10-17(18)21-3/h4-11,15,19H,12-13H2,1-3H3/t15-,19+/m1/s1. The van der Waals surface area contributed by atoms with E-state index in [9.17, 15) is 0 Å². The minimum Gasteiger partial charge on any atom is -0.493 e. The Bertz CT molecular complexity index is 639. The lowest BCUT2D eigenvalue weighted by Gasteiger charge is -2.25. The fraction of sp³-hybridized carbons (Fsp3) is 0.368. The van der Waals surface area contributed by atoms with Crippen LogP contribution in [0.5, 0.6) is 11.5 Å². The van der Waals surface area contributed by atoms with Crippen molar-refractivity contribution in [2.75, 3.05) is 27.7 Å². The Hall–Kier alpha value is -2.00. The summed E-state index contributed by atoms with van der Waals surface area (Å²) >= 11 is 0. The van der Waals surface area contributed by atoms with Gasteiger partial charge in [0, 0.05) is 12.5 Å². The fourth-order valence-electron chi connectivity index (χ4n) is 3.28. The number of nitrogens with zero attached hydrogens (tertiary/aromatic N) is 1. The molecule has 0 N–H and O–H groups in total. The predicted molar refractivity (Wildman–Crippen MR) is 88.6 cm³/mol. The van der Waals surface area contributed by atoms with Crippen molar-refractivity contribution in [3.05, 3.63) is 59.7 Å². The molecule has 116 valence electrons.